The van der Waals surface area contributed by atoms with Gasteiger partial charge >= 0.3 is 0 Å². The summed E-state index contributed by atoms with van der Waals surface area (Å²) in [5, 5.41) is 0. The van der Waals surface area contributed by atoms with Crippen LogP contribution in [0.4, 0.5) is 13.2 Å². The summed E-state index contributed by atoms with van der Waals surface area (Å²) >= 11 is 0. The molecule has 0 saturated carbocycles. The number of hydrogen-bond donors (Lipinski definition) is 0. The molecule has 5 nitrogen and oxygen atoms in total. The molecule has 0 spiro atoms. The Balaban J connectivity index is 1.90. The van der Waals surface area contributed by atoms with Crippen LogP contribution in [-0.4, -0.2) is 19.5 Å². The maximum Gasteiger partial charge on any atom is 0.216 e. The second kappa shape index (κ2) is 8.31. The van der Waals surface area contributed by atoms with Crippen LogP contribution in [0.5, 0.6) is 5.75 Å². The Labute approximate surface area is 153 Å². The van der Waals surface area contributed by atoms with Crippen LogP contribution in [0.25, 0.3) is 11.1 Å². The van der Waals surface area contributed by atoms with Crippen molar-refractivity contribution >= 4 is 0 Å². The van der Waals surface area contributed by atoms with Gasteiger partial charge in [-0.05, 0) is 18.2 Å². The second-order valence-electron chi connectivity index (χ2n) is 5.62. The number of aromatic nitrogens is 4. The highest BCUT2D eigenvalue weighted by atomic mass is 19.1. The van der Waals surface area contributed by atoms with Crippen LogP contribution in [0.2, 0.25) is 0 Å². The summed E-state index contributed by atoms with van der Waals surface area (Å²) in [5.74, 6) is -1.67. The molecule has 3 aromatic rings. The number of benzene rings is 1. The van der Waals surface area contributed by atoms with Crippen molar-refractivity contribution in [3.63, 3.8) is 0 Å². The number of pyridine rings is 1. The van der Waals surface area contributed by atoms with Gasteiger partial charge in [0.05, 0.1) is 5.69 Å². The standard InChI is InChI=1S/C19H15F3N4O/c1-26-9-13(17-3-2-14(20)6-18(17)21)8-23-12-25-15(10-26)11-27-16-4-5-24-19(22)7-16/h2-10,12H,11H2,1H3. The van der Waals surface area contributed by atoms with Crippen LogP contribution in [0.15, 0.2) is 61.4 Å². The van der Waals surface area contributed by atoms with Crippen LogP contribution in [0.3, 0.4) is 0 Å². The van der Waals surface area contributed by atoms with Gasteiger partial charge in [-0.15, -0.1) is 0 Å². The number of aryl methyl sites for hydroxylation is 1. The molecule has 0 atom stereocenters. The first-order chi connectivity index (χ1) is 13.0. The molecule has 0 fully saturated rings. The molecule has 3 rings (SSSR count). The molecule has 138 valence electrons. The molecule has 0 radical (unpaired) electrons. The molecule has 2 heterocycles. The van der Waals surface area contributed by atoms with Crippen molar-refractivity contribution in [1.82, 2.24) is 19.5 Å². The molecule has 1 aromatic carbocycles. The lowest BCUT2D eigenvalue weighted by molar-refractivity contribution is 0.298. The van der Waals surface area contributed by atoms with Crippen LogP contribution < -0.4 is 4.74 Å². The smallest absolute Gasteiger partial charge is 0.216 e. The lowest BCUT2D eigenvalue weighted by atomic mass is 10.1. The summed E-state index contributed by atoms with van der Waals surface area (Å²) in [4.78, 5) is 11.7. The predicted molar refractivity (Wildman–Crippen MR) is 92.5 cm³/mol. The average Bonchev–Trinajstić information content (AvgIpc) is 2.70. The second-order valence-corrected chi connectivity index (χ2v) is 5.62. The fourth-order valence-corrected chi connectivity index (χ4v) is 2.35. The topological polar surface area (TPSA) is 52.8 Å². The number of hydrogen-bond acceptors (Lipinski definition) is 4. The van der Waals surface area contributed by atoms with Crippen molar-refractivity contribution in [2.75, 3.05) is 0 Å². The Bertz CT molecular complexity index is 1010. The SMILES string of the molecule is Cn1cc(-c2ccc(F)cc2F)cncnc(COc2ccnc(F)c2)c1. The van der Waals surface area contributed by atoms with Gasteiger partial charge < -0.3 is 9.30 Å². The minimum atomic E-state index is -0.690. The molecule has 0 saturated heterocycles. The van der Waals surface area contributed by atoms with Crippen LogP contribution >= 0.6 is 0 Å². The number of rotatable bonds is 4. The zero-order chi connectivity index (χ0) is 19.2. The number of halogens is 3. The first-order valence-electron chi connectivity index (χ1n) is 7.91. The van der Waals surface area contributed by atoms with E-state index in [-0.39, 0.29) is 12.2 Å². The third kappa shape index (κ3) is 5.04. The molecule has 0 aliphatic carbocycles. The highest BCUT2D eigenvalue weighted by Gasteiger charge is 2.06. The Kier molecular flexibility index (Phi) is 5.65. The van der Waals surface area contributed by atoms with E-state index in [0.29, 0.717) is 17.0 Å². The molecule has 27 heavy (non-hydrogen) atoms. The van der Waals surface area contributed by atoms with Gasteiger partial charge in [0.25, 0.3) is 0 Å². The Hall–Kier alpha value is -3.42. The van der Waals surface area contributed by atoms with Gasteiger partial charge in [0, 0.05) is 55.1 Å². The highest BCUT2D eigenvalue weighted by Crippen LogP contribution is 2.21. The Morgan fingerprint density at radius 1 is 1.04 bits per heavy atom. The Morgan fingerprint density at radius 2 is 1.89 bits per heavy atom. The van der Waals surface area contributed by atoms with Crippen molar-refractivity contribution in [2.24, 2.45) is 7.05 Å². The monoisotopic (exact) mass is 372 g/mol. The summed E-state index contributed by atoms with van der Waals surface area (Å²) in [6.45, 7) is 0.0634. The van der Waals surface area contributed by atoms with E-state index in [1.807, 2.05) is 0 Å². The first-order valence-corrected chi connectivity index (χ1v) is 7.91. The van der Waals surface area contributed by atoms with Crippen molar-refractivity contribution in [3.8, 4) is 16.9 Å². The van der Waals surface area contributed by atoms with E-state index in [9.17, 15) is 13.2 Å². The summed E-state index contributed by atoms with van der Waals surface area (Å²) in [6, 6.07) is 6.03. The summed E-state index contributed by atoms with van der Waals surface area (Å²) < 4.78 is 47.4. The minimum absolute atomic E-state index is 0.0634. The number of ether oxygens (including phenoxy) is 1. The zero-order valence-corrected chi connectivity index (χ0v) is 14.3. The molecule has 0 bridgehead atoms. The van der Waals surface area contributed by atoms with Crippen LogP contribution in [0, 0.1) is 17.6 Å². The molecule has 0 amide bonds. The van der Waals surface area contributed by atoms with E-state index >= 15 is 0 Å². The molecule has 2 aromatic heterocycles. The maximum absolute atomic E-state index is 14.0. The normalized spacial score (nSPS) is 10.4. The first kappa shape index (κ1) is 18.4. The lowest BCUT2D eigenvalue weighted by Gasteiger charge is -2.05. The Morgan fingerprint density at radius 3 is 2.67 bits per heavy atom. The predicted octanol–water partition coefficient (Wildman–Crippen LogP) is 4.00. The van der Waals surface area contributed by atoms with E-state index in [2.05, 4.69) is 15.0 Å². The van der Waals surface area contributed by atoms with Crippen molar-refractivity contribution < 1.29 is 17.9 Å². The van der Waals surface area contributed by atoms with E-state index in [0.717, 1.165) is 12.1 Å². The van der Waals surface area contributed by atoms with Crippen molar-refractivity contribution in [1.29, 1.82) is 0 Å². The van der Waals surface area contributed by atoms with Gasteiger partial charge in [0.1, 0.15) is 30.3 Å². The van der Waals surface area contributed by atoms with E-state index in [1.165, 1.54) is 36.9 Å². The summed E-state index contributed by atoms with van der Waals surface area (Å²) in [6.07, 6.45) is 7.29. The van der Waals surface area contributed by atoms with E-state index in [1.54, 1.807) is 24.0 Å². The molecule has 0 unspecified atom stereocenters. The third-order valence-corrected chi connectivity index (χ3v) is 3.53. The average molecular weight is 372 g/mol. The lowest BCUT2D eigenvalue weighted by Crippen LogP contribution is -2.00. The highest BCUT2D eigenvalue weighted by molar-refractivity contribution is 5.61. The van der Waals surface area contributed by atoms with Gasteiger partial charge in [-0.25, -0.2) is 23.7 Å². The summed E-state index contributed by atoms with van der Waals surface area (Å²) in [5.41, 5.74) is 1.15. The largest absolute Gasteiger partial charge is 0.487 e. The molecular weight excluding hydrogens is 357 g/mol. The third-order valence-electron chi connectivity index (χ3n) is 3.53. The molecule has 8 heteroatoms. The van der Waals surface area contributed by atoms with E-state index in [4.69, 9.17) is 4.74 Å². The minimum Gasteiger partial charge on any atom is -0.487 e. The van der Waals surface area contributed by atoms with Crippen LogP contribution in [0.1, 0.15) is 5.69 Å². The maximum atomic E-state index is 14.0. The molecule has 0 aliphatic rings. The molecule has 0 N–H and O–H groups in total. The quantitative estimate of drug-likeness (QED) is 0.650. The van der Waals surface area contributed by atoms with Gasteiger partial charge in [0.15, 0.2) is 0 Å². The molecular formula is C19H15F3N4O. The van der Waals surface area contributed by atoms with Gasteiger partial charge in [-0.3, -0.25) is 0 Å². The fourth-order valence-electron chi connectivity index (χ4n) is 2.35. The van der Waals surface area contributed by atoms with Crippen molar-refractivity contribution in [3.05, 3.63) is 84.7 Å². The summed E-state index contributed by atoms with van der Waals surface area (Å²) in [7, 11) is 1.72. The number of nitrogens with zero attached hydrogens (tertiary/aromatic N) is 4. The van der Waals surface area contributed by atoms with Gasteiger partial charge in [-0.2, -0.15) is 4.39 Å². The van der Waals surface area contributed by atoms with Crippen LogP contribution in [-0.2, 0) is 13.7 Å². The van der Waals surface area contributed by atoms with E-state index < -0.39 is 17.6 Å². The zero-order valence-electron chi connectivity index (χ0n) is 14.3. The fraction of sp³-hybridized carbons (Fsp3) is 0.105. The van der Waals surface area contributed by atoms with Gasteiger partial charge in [0.2, 0.25) is 5.95 Å². The van der Waals surface area contributed by atoms with Gasteiger partial charge in [-0.1, -0.05) is 0 Å². The van der Waals surface area contributed by atoms with Crippen molar-refractivity contribution in [2.45, 2.75) is 6.61 Å². The molecule has 0 aliphatic heterocycles.